The summed E-state index contributed by atoms with van der Waals surface area (Å²) in [5.74, 6) is 0. The highest BCUT2D eigenvalue weighted by Crippen LogP contribution is 2.53. The first-order valence-electron chi connectivity index (χ1n) is 7.66. The van der Waals surface area contributed by atoms with E-state index in [1.54, 1.807) is 0 Å². The molecule has 0 atom stereocenters. The Hall–Kier alpha value is 0. The molecule has 0 N–H and O–H groups in total. The van der Waals surface area contributed by atoms with Gasteiger partial charge in [0, 0.05) is 0 Å². The van der Waals surface area contributed by atoms with Crippen molar-refractivity contribution in [2.75, 3.05) is 0 Å². The number of hydrogen-bond acceptors (Lipinski definition) is 0. The van der Waals surface area contributed by atoms with Crippen molar-refractivity contribution in [3.63, 3.8) is 0 Å². The van der Waals surface area contributed by atoms with Crippen LogP contribution in [0.5, 0.6) is 0 Å². The molecule has 1 saturated carbocycles. The van der Waals surface area contributed by atoms with Crippen molar-refractivity contribution in [3.05, 3.63) is 0 Å². The van der Waals surface area contributed by atoms with E-state index in [2.05, 4.69) is 41.5 Å². The van der Waals surface area contributed by atoms with Gasteiger partial charge in [0.25, 0.3) is 0 Å². The summed E-state index contributed by atoms with van der Waals surface area (Å²) >= 11 is 0. The summed E-state index contributed by atoms with van der Waals surface area (Å²) in [6, 6.07) is 0. The first-order chi connectivity index (χ1) is 7.66. The molecule has 1 aliphatic carbocycles. The normalized spacial score (nSPS) is 20.8. The van der Waals surface area contributed by atoms with Gasteiger partial charge in [0.1, 0.15) is 0 Å². The topological polar surface area (TPSA) is 0 Å². The summed E-state index contributed by atoms with van der Waals surface area (Å²) in [6.45, 7) is 14.6. The molecular weight excluding hydrogens is 204 g/mol. The molecule has 0 aliphatic heterocycles. The van der Waals surface area contributed by atoms with Crippen molar-refractivity contribution in [1.29, 1.82) is 0 Å². The van der Waals surface area contributed by atoms with Crippen LogP contribution in [0.15, 0.2) is 0 Å². The Bertz CT molecular complexity index is 223. The zero-order valence-electron chi connectivity index (χ0n) is 13.2. The van der Waals surface area contributed by atoms with Crippen molar-refractivity contribution in [3.8, 4) is 0 Å². The van der Waals surface area contributed by atoms with Crippen molar-refractivity contribution < 1.29 is 0 Å². The van der Waals surface area contributed by atoms with Crippen LogP contribution in [0.4, 0.5) is 0 Å². The molecule has 0 unspecified atom stereocenters. The van der Waals surface area contributed by atoms with E-state index in [0.717, 1.165) is 0 Å². The van der Waals surface area contributed by atoms with E-state index in [1.165, 1.54) is 51.4 Å². The fourth-order valence-electron chi connectivity index (χ4n) is 3.36. The lowest BCUT2D eigenvalue weighted by Crippen LogP contribution is -2.32. The molecule has 0 aromatic rings. The van der Waals surface area contributed by atoms with Gasteiger partial charge in [-0.05, 0) is 41.9 Å². The van der Waals surface area contributed by atoms with E-state index < -0.39 is 0 Å². The smallest absolute Gasteiger partial charge is 0.0275 e. The molecule has 17 heavy (non-hydrogen) atoms. The lowest BCUT2D eigenvalue weighted by Gasteiger charge is -2.42. The van der Waals surface area contributed by atoms with Gasteiger partial charge in [-0.1, -0.05) is 67.2 Å². The van der Waals surface area contributed by atoms with Gasteiger partial charge in [0.15, 0.2) is 0 Å². The summed E-state index contributed by atoms with van der Waals surface area (Å²) in [6.07, 6.45) is 11.4. The quantitative estimate of drug-likeness (QED) is 0.500. The maximum atomic E-state index is 2.53. The average Bonchev–Trinajstić information content (AvgIpc) is 2.60. The Balaban J connectivity index is 2.34. The predicted octanol–water partition coefficient (Wildman–Crippen LogP) is 6.20. The molecular formula is C17H34. The Morgan fingerprint density at radius 2 is 1.29 bits per heavy atom. The standard InChI is InChI=1S/C17H34/c1-15(2,3)11-7-8-12-16(4,5)17(6)13-9-10-14-17/h7-14H2,1-6H3. The fraction of sp³-hybridized carbons (Fsp3) is 1.00. The average molecular weight is 238 g/mol. The van der Waals surface area contributed by atoms with Gasteiger partial charge in [0.2, 0.25) is 0 Å². The number of unbranched alkanes of at least 4 members (excludes halogenated alkanes) is 1. The van der Waals surface area contributed by atoms with E-state index in [9.17, 15) is 0 Å². The molecule has 0 heterocycles. The van der Waals surface area contributed by atoms with Crippen molar-refractivity contribution in [2.24, 2.45) is 16.2 Å². The molecule has 1 fully saturated rings. The third kappa shape index (κ3) is 4.30. The van der Waals surface area contributed by atoms with Gasteiger partial charge in [-0.25, -0.2) is 0 Å². The predicted molar refractivity (Wildman–Crippen MR) is 78.3 cm³/mol. The second-order valence-electron chi connectivity index (χ2n) is 8.42. The largest absolute Gasteiger partial charge is 0.0602 e. The third-order valence-corrected chi connectivity index (χ3v) is 5.32. The Labute approximate surface area is 110 Å². The fourth-order valence-corrected chi connectivity index (χ4v) is 3.36. The summed E-state index contributed by atoms with van der Waals surface area (Å²) in [5.41, 5.74) is 1.68. The number of hydrogen-bond donors (Lipinski definition) is 0. The molecule has 0 radical (unpaired) electrons. The molecule has 0 spiro atoms. The first-order valence-corrected chi connectivity index (χ1v) is 7.66. The van der Waals surface area contributed by atoms with Gasteiger partial charge in [-0.15, -0.1) is 0 Å². The molecule has 0 aromatic carbocycles. The zero-order valence-corrected chi connectivity index (χ0v) is 13.2. The van der Waals surface area contributed by atoms with Gasteiger partial charge in [-0.3, -0.25) is 0 Å². The van der Waals surface area contributed by atoms with Crippen LogP contribution < -0.4 is 0 Å². The van der Waals surface area contributed by atoms with Gasteiger partial charge in [-0.2, -0.15) is 0 Å². The highest BCUT2D eigenvalue weighted by atomic mass is 14.5. The Kier molecular flexibility index (Phi) is 4.72. The third-order valence-electron chi connectivity index (χ3n) is 5.32. The maximum Gasteiger partial charge on any atom is -0.0275 e. The first kappa shape index (κ1) is 15.1. The summed E-state index contributed by atoms with van der Waals surface area (Å²) in [7, 11) is 0. The van der Waals surface area contributed by atoms with E-state index in [0.29, 0.717) is 16.2 Å². The van der Waals surface area contributed by atoms with Gasteiger partial charge >= 0.3 is 0 Å². The monoisotopic (exact) mass is 238 g/mol. The van der Waals surface area contributed by atoms with E-state index in [4.69, 9.17) is 0 Å². The van der Waals surface area contributed by atoms with Crippen LogP contribution in [0, 0.1) is 16.2 Å². The van der Waals surface area contributed by atoms with Gasteiger partial charge < -0.3 is 0 Å². The molecule has 0 bridgehead atoms. The molecule has 0 saturated heterocycles. The van der Waals surface area contributed by atoms with Crippen LogP contribution in [-0.2, 0) is 0 Å². The highest BCUT2D eigenvalue weighted by Gasteiger charge is 2.41. The van der Waals surface area contributed by atoms with E-state index >= 15 is 0 Å². The second-order valence-corrected chi connectivity index (χ2v) is 8.42. The molecule has 0 amide bonds. The minimum absolute atomic E-state index is 0.515. The highest BCUT2D eigenvalue weighted by molar-refractivity contribution is 4.92. The lowest BCUT2D eigenvalue weighted by molar-refractivity contribution is 0.0810. The molecule has 0 heteroatoms. The molecule has 1 rings (SSSR count). The summed E-state index contributed by atoms with van der Waals surface area (Å²) in [5, 5.41) is 0. The summed E-state index contributed by atoms with van der Waals surface area (Å²) < 4.78 is 0. The van der Waals surface area contributed by atoms with Crippen LogP contribution in [0.25, 0.3) is 0 Å². The maximum absolute atomic E-state index is 2.53. The van der Waals surface area contributed by atoms with Crippen LogP contribution in [-0.4, -0.2) is 0 Å². The molecule has 102 valence electrons. The van der Waals surface area contributed by atoms with Crippen molar-refractivity contribution in [2.45, 2.75) is 92.9 Å². The molecule has 1 aliphatic rings. The lowest BCUT2D eigenvalue weighted by atomic mass is 9.63. The molecule has 0 nitrogen and oxygen atoms in total. The number of rotatable bonds is 5. The SMILES string of the molecule is CC(C)(C)CCCCC(C)(C)C1(C)CCCC1. The van der Waals surface area contributed by atoms with Crippen LogP contribution in [0.2, 0.25) is 0 Å². The van der Waals surface area contributed by atoms with Crippen LogP contribution in [0.1, 0.15) is 92.9 Å². The van der Waals surface area contributed by atoms with Crippen LogP contribution >= 0.6 is 0 Å². The van der Waals surface area contributed by atoms with Gasteiger partial charge in [0.05, 0.1) is 0 Å². The zero-order chi connectivity index (χ0) is 13.2. The Morgan fingerprint density at radius 1 is 0.824 bits per heavy atom. The minimum Gasteiger partial charge on any atom is -0.0602 e. The minimum atomic E-state index is 0.515. The summed E-state index contributed by atoms with van der Waals surface area (Å²) in [4.78, 5) is 0. The molecule has 0 aromatic heterocycles. The van der Waals surface area contributed by atoms with Crippen LogP contribution in [0.3, 0.4) is 0 Å². The van der Waals surface area contributed by atoms with E-state index in [-0.39, 0.29) is 0 Å². The second kappa shape index (κ2) is 5.33. The van der Waals surface area contributed by atoms with Crippen molar-refractivity contribution >= 4 is 0 Å². The Morgan fingerprint density at radius 3 is 1.76 bits per heavy atom. The van der Waals surface area contributed by atoms with Crippen molar-refractivity contribution in [1.82, 2.24) is 0 Å². The van der Waals surface area contributed by atoms with E-state index in [1.807, 2.05) is 0 Å².